The van der Waals surface area contributed by atoms with Crippen LogP contribution in [0, 0.1) is 0 Å². The number of nitrogens with zero attached hydrogens (tertiary/aromatic N) is 3. The Morgan fingerprint density at radius 3 is 2.79 bits per heavy atom. The van der Waals surface area contributed by atoms with Crippen LogP contribution in [-0.2, 0) is 4.74 Å². The first-order chi connectivity index (χ1) is 11.6. The third kappa shape index (κ3) is 3.48. The van der Waals surface area contributed by atoms with Crippen molar-refractivity contribution >= 4 is 28.9 Å². The lowest BCUT2D eigenvalue weighted by atomic mass is 10.3. The maximum atomic E-state index is 12.5. The summed E-state index contributed by atoms with van der Waals surface area (Å²) in [6.07, 6.45) is 4.33. The van der Waals surface area contributed by atoms with Gasteiger partial charge in [-0.15, -0.1) is 6.58 Å². The van der Waals surface area contributed by atoms with Gasteiger partial charge in [-0.05, 0) is 30.7 Å². The Kier molecular flexibility index (Phi) is 5.23. The summed E-state index contributed by atoms with van der Waals surface area (Å²) in [5, 5.41) is 5.00. The monoisotopic (exact) mass is 365 g/mol. The Morgan fingerprint density at radius 1 is 1.33 bits per heavy atom. The molecular formula is C17H17Cl2N3O2. The van der Waals surface area contributed by atoms with Crippen molar-refractivity contribution < 1.29 is 4.74 Å². The third-order valence-corrected chi connectivity index (χ3v) is 4.51. The Morgan fingerprint density at radius 2 is 2.08 bits per heavy atom. The summed E-state index contributed by atoms with van der Waals surface area (Å²) in [4.78, 5) is 14.6. The van der Waals surface area contributed by atoms with Crippen molar-refractivity contribution in [2.45, 2.75) is 12.5 Å². The van der Waals surface area contributed by atoms with Crippen LogP contribution in [0.2, 0.25) is 10.0 Å². The number of anilines is 1. The molecule has 1 aromatic heterocycles. The lowest BCUT2D eigenvalue weighted by molar-refractivity contribution is 0.0909. The molecule has 1 unspecified atom stereocenters. The normalized spacial score (nSPS) is 17.2. The molecule has 3 rings (SSSR count). The van der Waals surface area contributed by atoms with Crippen molar-refractivity contribution in [1.29, 1.82) is 0 Å². The Labute approximate surface area is 150 Å². The van der Waals surface area contributed by atoms with Crippen molar-refractivity contribution in [3.8, 4) is 5.69 Å². The maximum Gasteiger partial charge on any atom is 0.292 e. The lowest BCUT2D eigenvalue weighted by Gasteiger charge is -2.19. The number of rotatable bonds is 5. The minimum absolute atomic E-state index is 0.109. The van der Waals surface area contributed by atoms with Gasteiger partial charge in [-0.25, -0.2) is 0 Å². The molecule has 1 atom stereocenters. The van der Waals surface area contributed by atoms with Gasteiger partial charge in [0, 0.05) is 18.1 Å². The molecule has 0 aliphatic carbocycles. The van der Waals surface area contributed by atoms with Crippen LogP contribution in [0.25, 0.3) is 5.69 Å². The van der Waals surface area contributed by atoms with E-state index < -0.39 is 0 Å². The molecule has 2 aromatic rings. The number of ether oxygens (including phenoxy) is 1. The van der Waals surface area contributed by atoms with E-state index in [1.54, 1.807) is 36.5 Å². The van der Waals surface area contributed by atoms with Crippen LogP contribution >= 0.6 is 23.2 Å². The largest absolute Gasteiger partial charge is 0.372 e. The highest BCUT2D eigenvalue weighted by Gasteiger charge is 2.26. The van der Waals surface area contributed by atoms with Crippen LogP contribution in [0.15, 0.2) is 47.9 Å². The van der Waals surface area contributed by atoms with Gasteiger partial charge in [0.15, 0.2) is 0 Å². The molecule has 0 radical (unpaired) electrons. The lowest BCUT2D eigenvalue weighted by Crippen LogP contribution is -2.28. The van der Waals surface area contributed by atoms with E-state index in [1.165, 1.54) is 4.68 Å². The number of hydrogen-bond donors (Lipinski definition) is 0. The second kappa shape index (κ2) is 7.38. The summed E-state index contributed by atoms with van der Waals surface area (Å²) in [7, 11) is 0. The molecule has 7 heteroatoms. The van der Waals surface area contributed by atoms with Gasteiger partial charge in [0.25, 0.3) is 5.56 Å². The molecule has 126 valence electrons. The minimum Gasteiger partial charge on any atom is -0.372 e. The number of halogens is 2. The maximum absolute atomic E-state index is 12.5. The van der Waals surface area contributed by atoms with Crippen molar-refractivity contribution in [3.63, 3.8) is 0 Å². The van der Waals surface area contributed by atoms with E-state index in [0.29, 0.717) is 29.5 Å². The van der Waals surface area contributed by atoms with Crippen LogP contribution in [-0.4, -0.2) is 35.6 Å². The smallest absolute Gasteiger partial charge is 0.292 e. The second-order valence-corrected chi connectivity index (χ2v) is 6.33. The Balaban J connectivity index is 1.84. The zero-order chi connectivity index (χ0) is 17.1. The molecule has 24 heavy (non-hydrogen) atoms. The molecule has 1 saturated heterocycles. The third-order valence-electron chi connectivity index (χ3n) is 3.91. The first-order valence-corrected chi connectivity index (χ1v) is 8.37. The second-order valence-electron chi connectivity index (χ2n) is 5.52. The van der Waals surface area contributed by atoms with Gasteiger partial charge in [0.05, 0.1) is 30.3 Å². The first-order valence-electron chi connectivity index (χ1n) is 7.61. The van der Waals surface area contributed by atoms with Crippen LogP contribution < -0.4 is 10.5 Å². The van der Waals surface area contributed by atoms with E-state index in [4.69, 9.17) is 27.9 Å². The quantitative estimate of drug-likeness (QED) is 0.762. The van der Waals surface area contributed by atoms with Crippen molar-refractivity contribution in [2.75, 3.05) is 24.6 Å². The average molecular weight is 366 g/mol. The molecule has 0 bridgehead atoms. The van der Waals surface area contributed by atoms with E-state index in [0.717, 1.165) is 13.0 Å². The van der Waals surface area contributed by atoms with E-state index in [9.17, 15) is 4.79 Å². The van der Waals surface area contributed by atoms with Gasteiger partial charge < -0.3 is 9.64 Å². The molecule has 0 saturated carbocycles. The van der Waals surface area contributed by atoms with Crippen LogP contribution in [0.4, 0.5) is 5.69 Å². The highest BCUT2D eigenvalue weighted by Crippen LogP contribution is 2.26. The van der Waals surface area contributed by atoms with Crippen LogP contribution in [0.5, 0.6) is 0 Å². The standard InChI is InChI=1S/C17H17Cl2N3O2/c1-2-9-24-14-7-8-21(11-14)15-10-20-22(17(23)16(15)19)13-5-3-12(18)4-6-13/h2-6,10,14H,1,7-9,11H2. The predicted molar refractivity (Wildman–Crippen MR) is 96.6 cm³/mol. The highest BCUT2D eigenvalue weighted by molar-refractivity contribution is 6.33. The van der Waals surface area contributed by atoms with Crippen LogP contribution in [0.3, 0.4) is 0 Å². The molecule has 0 spiro atoms. The molecule has 1 aromatic carbocycles. The number of benzene rings is 1. The van der Waals surface area contributed by atoms with Gasteiger partial charge in [-0.1, -0.05) is 29.3 Å². The van der Waals surface area contributed by atoms with E-state index >= 15 is 0 Å². The predicted octanol–water partition coefficient (Wildman–Crippen LogP) is 3.32. The molecule has 0 N–H and O–H groups in total. The van der Waals surface area contributed by atoms with Gasteiger partial charge >= 0.3 is 0 Å². The Hall–Kier alpha value is -1.82. The average Bonchev–Trinajstić information content (AvgIpc) is 3.05. The molecular weight excluding hydrogens is 349 g/mol. The fourth-order valence-corrected chi connectivity index (χ4v) is 3.07. The van der Waals surface area contributed by atoms with Crippen LogP contribution in [0.1, 0.15) is 6.42 Å². The molecule has 1 fully saturated rings. The fourth-order valence-electron chi connectivity index (χ4n) is 2.70. The summed E-state index contributed by atoms with van der Waals surface area (Å²) in [5.41, 5.74) is 0.898. The van der Waals surface area contributed by atoms with Crippen molar-refractivity contribution in [1.82, 2.24) is 9.78 Å². The summed E-state index contributed by atoms with van der Waals surface area (Å²) < 4.78 is 6.93. The number of aromatic nitrogens is 2. The zero-order valence-corrected chi connectivity index (χ0v) is 14.5. The molecule has 1 aliphatic heterocycles. The summed E-state index contributed by atoms with van der Waals surface area (Å²) in [5.74, 6) is 0. The Bertz CT molecular complexity index is 789. The van der Waals surface area contributed by atoms with Crippen molar-refractivity contribution in [3.05, 3.63) is 63.5 Å². The minimum atomic E-state index is -0.355. The SMILES string of the molecule is C=CCOC1CCN(c2cnn(-c3ccc(Cl)cc3)c(=O)c2Cl)C1. The molecule has 0 amide bonds. The topological polar surface area (TPSA) is 47.4 Å². The van der Waals surface area contributed by atoms with Gasteiger partial charge in [-0.2, -0.15) is 9.78 Å². The zero-order valence-electron chi connectivity index (χ0n) is 13.0. The molecule has 2 heterocycles. The van der Waals surface area contributed by atoms with Gasteiger partial charge in [0.1, 0.15) is 5.02 Å². The summed E-state index contributed by atoms with van der Waals surface area (Å²) in [6.45, 7) is 5.61. The summed E-state index contributed by atoms with van der Waals surface area (Å²) >= 11 is 12.2. The molecule has 1 aliphatic rings. The fraction of sp³-hybridized carbons (Fsp3) is 0.294. The first kappa shape index (κ1) is 17.0. The van der Waals surface area contributed by atoms with Gasteiger partial charge in [-0.3, -0.25) is 4.79 Å². The molecule has 5 nitrogen and oxygen atoms in total. The van der Waals surface area contributed by atoms with Crippen molar-refractivity contribution in [2.24, 2.45) is 0 Å². The van der Waals surface area contributed by atoms with E-state index in [2.05, 4.69) is 11.7 Å². The van der Waals surface area contributed by atoms with E-state index in [-0.39, 0.29) is 16.7 Å². The van der Waals surface area contributed by atoms with Gasteiger partial charge in [0.2, 0.25) is 0 Å². The summed E-state index contributed by atoms with van der Waals surface area (Å²) in [6, 6.07) is 6.85. The van der Waals surface area contributed by atoms with E-state index in [1.807, 2.05) is 4.90 Å². The number of hydrogen-bond acceptors (Lipinski definition) is 4. The highest BCUT2D eigenvalue weighted by atomic mass is 35.5.